The largest absolute Gasteiger partial charge is 0.344 e. The highest BCUT2D eigenvalue weighted by Gasteiger charge is 2.34. The predicted molar refractivity (Wildman–Crippen MR) is 84.8 cm³/mol. The Kier molecular flexibility index (Phi) is 4.20. The van der Waals surface area contributed by atoms with E-state index >= 15 is 0 Å². The van der Waals surface area contributed by atoms with Crippen LogP contribution in [0.25, 0.3) is 0 Å². The zero-order valence-corrected chi connectivity index (χ0v) is 14.2. The standard InChI is InChI=1S/C13H22N4O2S2/c1-10(2)12-14-15-13(20-12)17-6-4-16(5-7-17)11-3-8-21(18,19)9-11/h10-11H,3-9H2,1-2H3/t11-/m1/s1. The Morgan fingerprint density at radius 2 is 1.90 bits per heavy atom. The predicted octanol–water partition coefficient (Wildman–Crippen LogP) is 0.971. The minimum Gasteiger partial charge on any atom is -0.344 e. The van der Waals surface area contributed by atoms with Crippen LogP contribution in [0, 0.1) is 0 Å². The first-order valence-electron chi connectivity index (χ1n) is 7.47. The zero-order chi connectivity index (χ0) is 15.0. The minimum absolute atomic E-state index is 0.220. The molecule has 2 aliphatic rings. The lowest BCUT2D eigenvalue weighted by Crippen LogP contribution is -2.50. The van der Waals surface area contributed by atoms with Gasteiger partial charge in [-0.3, -0.25) is 4.90 Å². The van der Waals surface area contributed by atoms with Crippen LogP contribution in [0.3, 0.4) is 0 Å². The maximum Gasteiger partial charge on any atom is 0.208 e. The summed E-state index contributed by atoms with van der Waals surface area (Å²) in [5.74, 6) is 1.11. The van der Waals surface area contributed by atoms with Gasteiger partial charge in [0.25, 0.3) is 0 Å². The van der Waals surface area contributed by atoms with Gasteiger partial charge in [-0.05, 0) is 6.42 Å². The summed E-state index contributed by atoms with van der Waals surface area (Å²) in [6.07, 6.45) is 0.790. The Morgan fingerprint density at radius 1 is 1.19 bits per heavy atom. The number of hydrogen-bond donors (Lipinski definition) is 0. The highest BCUT2D eigenvalue weighted by atomic mass is 32.2. The average Bonchev–Trinajstić information content (AvgIpc) is 3.05. The molecule has 0 aromatic carbocycles. The van der Waals surface area contributed by atoms with Gasteiger partial charge in [-0.2, -0.15) is 0 Å². The highest BCUT2D eigenvalue weighted by Crippen LogP contribution is 2.27. The molecule has 0 radical (unpaired) electrons. The number of sulfone groups is 1. The van der Waals surface area contributed by atoms with E-state index in [0.717, 1.165) is 42.7 Å². The molecule has 0 amide bonds. The van der Waals surface area contributed by atoms with Gasteiger partial charge in [-0.25, -0.2) is 8.42 Å². The number of anilines is 1. The lowest BCUT2D eigenvalue weighted by atomic mass is 10.2. The third-order valence-corrected chi connectivity index (χ3v) is 7.27. The van der Waals surface area contributed by atoms with Crippen LogP contribution in [0.2, 0.25) is 0 Å². The Balaban J connectivity index is 1.57. The summed E-state index contributed by atoms with van der Waals surface area (Å²) in [4.78, 5) is 4.59. The van der Waals surface area contributed by atoms with Crippen molar-refractivity contribution in [2.45, 2.75) is 32.2 Å². The second-order valence-electron chi connectivity index (χ2n) is 6.16. The van der Waals surface area contributed by atoms with Gasteiger partial charge in [0.2, 0.25) is 5.13 Å². The molecule has 1 aromatic heterocycles. The van der Waals surface area contributed by atoms with Crippen LogP contribution in [0.4, 0.5) is 5.13 Å². The molecule has 2 aliphatic heterocycles. The Hall–Kier alpha value is -0.730. The summed E-state index contributed by atoms with van der Waals surface area (Å²) in [6, 6.07) is 0.220. The van der Waals surface area contributed by atoms with Crippen LogP contribution in [-0.4, -0.2) is 67.2 Å². The molecular weight excluding hydrogens is 308 g/mol. The van der Waals surface area contributed by atoms with Crippen molar-refractivity contribution in [3.8, 4) is 0 Å². The fourth-order valence-corrected chi connectivity index (χ4v) is 5.59. The molecule has 3 heterocycles. The Morgan fingerprint density at radius 3 is 2.43 bits per heavy atom. The van der Waals surface area contributed by atoms with Crippen molar-refractivity contribution < 1.29 is 8.42 Å². The Labute approximate surface area is 130 Å². The highest BCUT2D eigenvalue weighted by molar-refractivity contribution is 7.91. The van der Waals surface area contributed by atoms with E-state index < -0.39 is 9.84 Å². The number of rotatable bonds is 3. The van der Waals surface area contributed by atoms with E-state index in [0.29, 0.717) is 17.4 Å². The molecule has 2 fully saturated rings. The van der Waals surface area contributed by atoms with Crippen molar-refractivity contribution in [2.75, 3.05) is 42.6 Å². The van der Waals surface area contributed by atoms with Crippen molar-refractivity contribution in [3.05, 3.63) is 5.01 Å². The third kappa shape index (κ3) is 3.37. The van der Waals surface area contributed by atoms with Crippen LogP contribution < -0.4 is 4.90 Å². The normalized spacial score (nSPS) is 26.6. The van der Waals surface area contributed by atoms with Crippen molar-refractivity contribution in [1.29, 1.82) is 0 Å². The molecular formula is C13H22N4O2S2. The van der Waals surface area contributed by atoms with E-state index in [-0.39, 0.29) is 6.04 Å². The molecule has 6 nitrogen and oxygen atoms in total. The topological polar surface area (TPSA) is 66.4 Å². The van der Waals surface area contributed by atoms with E-state index in [1.165, 1.54) is 0 Å². The molecule has 3 rings (SSSR count). The molecule has 0 saturated carbocycles. The minimum atomic E-state index is -2.79. The van der Waals surface area contributed by atoms with E-state index in [9.17, 15) is 8.42 Å². The smallest absolute Gasteiger partial charge is 0.208 e. The molecule has 0 N–H and O–H groups in total. The molecule has 21 heavy (non-hydrogen) atoms. The van der Waals surface area contributed by atoms with Gasteiger partial charge in [0, 0.05) is 38.1 Å². The van der Waals surface area contributed by atoms with Gasteiger partial charge >= 0.3 is 0 Å². The Bertz CT molecular complexity index is 591. The van der Waals surface area contributed by atoms with Crippen LogP contribution in [0.1, 0.15) is 31.2 Å². The fraction of sp³-hybridized carbons (Fsp3) is 0.846. The maximum atomic E-state index is 11.6. The van der Waals surface area contributed by atoms with Gasteiger partial charge in [0.1, 0.15) is 5.01 Å². The lowest BCUT2D eigenvalue weighted by molar-refractivity contribution is 0.200. The molecule has 0 spiro atoms. The van der Waals surface area contributed by atoms with Gasteiger partial charge in [0.15, 0.2) is 9.84 Å². The molecule has 2 saturated heterocycles. The number of nitrogens with zero attached hydrogens (tertiary/aromatic N) is 4. The van der Waals surface area contributed by atoms with Crippen LogP contribution in [-0.2, 0) is 9.84 Å². The SMILES string of the molecule is CC(C)c1nnc(N2CCN([C@@H]3CCS(=O)(=O)C3)CC2)s1. The van der Waals surface area contributed by atoms with E-state index in [4.69, 9.17) is 0 Å². The summed E-state index contributed by atoms with van der Waals surface area (Å²) in [6.45, 7) is 7.89. The first kappa shape index (κ1) is 15.2. The van der Waals surface area contributed by atoms with Crippen LogP contribution in [0.15, 0.2) is 0 Å². The van der Waals surface area contributed by atoms with Crippen LogP contribution >= 0.6 is 11.3 Å². The van der Waals surface area contributed by atoms with Crippen molar-refractivity contribution >= 4 is 26.3 Å². The van der Waals surface area contributed by atoms with Crippen molar-refractivity contribution in [2.24, 2.45) is 0 Å². The number of aromatic nitrogens is 2. The maximum absolute atomic E-state index is 11.6. The first-order valence-corrected chi connectivity index (χ1v) is 10.1. The first-order chi connectivity index (χ1) is 9.94. The lowest BCUT2D eigenvalue weighted by Gasteiger charge is -2.37. The molecule has 0 unspecified atom stereocenters. The zero-order valence-electron chi connectivity index (χ0n) is 12.5. The van der Waals surface area contributed by atoms with E-state index in [1.807, 2.05) is 0 Å². The molecule has 0 bridgehead atoms. The second-order valence-corrected chi connectivity index (χ2v) is 9.37. The van der Waals surface area contributed by atoms with Gasteiger partial charge in [0.05, 0.1) is 11.5 Å². The van der Waals surface area contributed by atoms with Crippen molar-refractivity contribution in [1.82, 2.24) is 15.1 Å². The van der Waals surface area contributed by atoms with Crippen molar-refractivity contribution in [3.63, 3.8) is 0 Å². The second kappa shape index (κ2) is 5.81. The summed E-state index contributed by atoms with van der Waals surface area (Å²) in [5, 5.41) is 10.6. The third-order valence-electron chi connectivity index (χ3n) is 4.23. The molecule has 0 aliphatic carbocycles. The van der Waals surface area contributed by atoms with E-state index in [1.54, 1.807) is 11.3 Å². The quantitative estimate of drug-likeness (QED) is 0.823. The van der Waals surface area contributed by atoms with E-state index in [2.05, 4.69) is 33.8 Å². The monoisotopic (exact) mass is 330 g/mol. The molecule has 1 aromatic rings. The van der Waals surface area contributed by atoms with Crippen LogP contribution in [0.5, 0.6) is 0 Å². The number of piperazine rings is 1. The summed E-state index contributed by atoms with van der Waals surface area (Å²) >= 11 is 1.67. The summed E-state index contributed by atoms with van der Waals surface area (Å²) < 4.78 is 23.2. The number of hydrogen-bond acceptors (Lipinski definition) is 7. The van der Waals surface area contributed by atoms with Gasteiger partial charge in [-0.1, -0.05) is 25.2 Å². The molecule has 1 atom stereocenters. The molecule has 8 heteroatoms. The van der Waals surface area contributed by atoms with Gasteiger partial charge in [-0.15, -0.1) is 10.2 Å². The summed E-state index contributed by atoms with van der Waals surface area (Å²) in [7, 11) is -2.79. The van der Waals surface area contributed by atoms with Gasteiger partial charge < -0.3 is 4.90 Å². The summed E-state index contributed by atoms with van der Waals surface area (Å²) in [5.41, 5.74) is 0. The average molecular weight is 330 g/mol. The fourth-order valence-electron chi connectivity index (χ4n) is 2.93. The molecule has 118 valence electrons.